The number of hydrogen-bond donors (Lipinski definition) is 2. The van der Waals surface area contributed by atoms with E-state index in [4.69, 9.17) is 21.7 Å². The van der Waals surface area contributed by atoms with Gasteiger partial charge in [-0.15, -0.1) is 0 Å². The summed E-state index contributed by atoms with van der Waals surface area (Å²) in [7, 11) is 3.34. The molecule has 0 amide bonds. The molecule has 1 heterocycles. The Morgan fingerprint density at radius 2 is 1.86 bits per heavy atom. The van der Waals surface area contributed by atoms with E-state index in [0.717, 1.165) is 49.2 Å². The van der Waals surface area contributed by atoms with E-state index in [1.165, 1.54) is 25.7 Å². The van der Waals surface area contributed by atoms with E-state index < -0.39 is 5.72 Å². The minimum Gasteiger partial charge on any atom is -0.497 e. The Balaban J connectivity index is 1.69. The Hall–Kier alpha value is -1.53. The van der Waals surface area contributed by atoms with Gasteiger partial charge in [-0.2, -0.15) is 0 Å². The van der Waals surface area contributed by atoms with Crippen LogP contribution in [0.3, 0.4) is 0 Å². The van der Waals surface area contributed by atoms with Crippen molar-refractivity contribution in [1.29, 1.82) is 0 Å². The quantitative estimate of drug-likeness (QED) is 0.741. The summed E-state index contributed by atoms with van der Waals surface area (Å²) >= 11 is 5.84. The highest BCUT2D eigenvalue weighted by Crippen LogP contribution is 2.51. The Labute approximate surface area is 173 Å². The molecular weight excluding hydrogens is 372 g/mol. The summed E-state index contributed by atoms with van der Waals surface area (Å²) in [6, 6.07) is 5.79. The van der Waals surface area contributed by atoms with Gasteiger partial charge in [-0.1, -0.05) is 25.7 Å². The summed E-state index contributed by atoms with van der Waals surface area (Å²) in [5.74, 6) is 1.78. The second-order valence-electron chi connectivity index (χ2n) is 8.59. The van der Waals surface area contributed by atoms with Crippen LogP contribution in [0.15, 0.2) is 18.2 Å². The van der Waals surface area contributed by atoms with Gasteiger partial charge in [-0.25, -0.2) is 0 Å². The van der Waals surface area contributed by atoms with Crippen molar-refractivity contribution in [1.82, 2.24) is 10.2 Å². The molecule has 0 unspecified atom stereocenters. The smallest absolute Gasteiger partial charge is 0.171 e. The number of methoxy groups -OCH3 is 2. The molecule has 1 aliphatic heterocycles. The minimum atomic E-state index is -0.897. The Kier molecular flexibility index (Phi) is 5.45. The maximum atomic E-state index is 12.0. The van der Waals surface area contributed by atoms with Crippen LogP contribution in [0.25, 0.3) is 0 Å². The molecule has 4 rings (SSSR count). The Bertz CT molecular complexity index is 734. The molecule has 5 nitrogen and oxygen atoms in total. The highest BCUT2D eigenvalue weighted by Gasteiger charge is 2.58. The number of nitrogens with zero attached hydrogens (tertiary/aromatic N) is 1. The molecule has 1 saturated heterocycles. The van der Waals surface area contributed by atoms with Crippen molar-refractivity contribution in [2.45, 2.75) is 75.6 Å². The first-order valence-electron chi connectivity index (χ1n) is 10.6. The summed E-state index contributed by atoms with van der Waals surface area (Å²) in [5.41, 5.74) is 0.0363. The monoisotopic (exact) mass is 404 g/mol. The Morgan fingerprint density at radius 3 is 2.57 bits per heavy atom. The van der Waals surface area contributed by atoms with Crippen LogP contribution in [-0.2, 0) is 6.54 Å². The third kappa shape index (κ3) is 3.24. The number of aliphatic hydroxyl groups is 1. The molecule has 28 heavy (non-hydrogen) atoms. The van der Waals surface area contributed by atoms with Crippen molar-refractivity contribution >= 4 is 17.3 Å². The minimum absolute atomic E-state index is 0.0422. The average molecular weight is 405 g/mol. The zero-order valence-corrected chi connectivity index (χ0v) is 17.8. The van der Waals surface area contributed by atoms with Crippen molar-refractivity contribution in [3.8, 4) is 11.5 Å². The molecule has 3 fully saturated rings. The fraction of sp³-hybridized carbons (Fsp3) is 0.682. The normalized spacial score (nSPS) is 29.2. The summed E-state index contributed by atoms with van der Waals surface area (Å²) in [5, 5.41) is 16.4. The summed E-state index contributed by atoms with van der Waals surface area (Å²) in [4.78, 5) is 2.02. The van der Waals surface area contributed by atoms with Gasteiger partial charge in [0, 0.05) is 17.0 Å². The van der Waals surface area contributed by atoms with Crippen LogP contribution in [0.4, 0.5) is 0 Å². The predicted octanol–water partition coefficient (Wildman–Crippen LogP) is 3.98. The first-order chi connectivity index (χ1) is 13.5. The SMILES string of the molecule is COc1ccc(OC)c(CN2C(=S)NC3(CCCCC3)[C@H]3CCCC[C@]32O)c1. The molecule has 2 N–H and O–H groups in total. The average Bonchev–Trinajstić information content (AvgIpc) is 2.71. The van der Waals surface area contributed by atoms with Crippen LogP contribution in [0, 0.1) is 5.92 Å². The fourth-order valence-corrected chi connectivity index (χ4v) is 6.19. The lowest BCUT2D eigenvalue weighted by atomic mass is 9.62. The van der Waals surface area contributed by atoms with E-state index in [-0.39, 0.29) is 11.5 Å². The molecule has 0 bridgehead atoms. The largest absolute Gasteiger partial charge is 0.497 e. The third-order valence-corrected chi connectivity index (χ3v) is 7.47. The summed E-state index contributed by atoms with van der Waals surface area (Å²) in [6.45, 7) is 0.509. The highest BCUT2D eigenvalue weighted by atomic mass is 32.1. The maximum Gasteiger partial charge on any atom is 0.171 e. The van der Waals surface area contributed by atoms with Gasteiger partial charge in [0.25, 0.3) is 0 Å². The third-order valence-electron chi connectivity index (χ3n) is 7.14. The van der Waals surface area contributed by atoms with Crippen LogP contribution in [0.5, 0.6) is 11.5 Å². The van der Waals surface area contributed by atoms with E-state index in [0.29, 0.717) is 11.7 Å². The van der Waals surface area contributed by atoms with E-state index in [9.17, 15) is 5.11 Å². The molecule has 2 saturated carbocycles. The summed E-state index contributed by atoms with van der Waals surface area (Å²) < 4.78 is 11.0. The lowest BCUT2D eigenvalue weighted by Gasteiger charge is -2.61. The first-order valence-corrected chi connectivity index (χ1v) is 11.0. The second kappa shape index (κ2) is 7.71. The van der Waals surface area contributed by atoms with Crippen LogP contribution in [0.2, 0.25) is 0 Å². The van der Waals surface area contributed by atoms with Gasteiger partial charge in [0.05, 0.1) is 20.8 Å². The fourth-order valence-electron chi connectivity index (χ4n) is 5.76. The van der Waals surface area contributed by atoms with Gasteiger partial charge in [0.1, 0.15) is 17.2 Å². The van der Waals surface area contributed by atoms with Gasteiger partial charge in [0.15, 0.2) is 5.11 Å². The molecule has 1 spiro atoms. The molecule has 1 aromatic rings. The standard InChI is InChI=1S/C22H32N2O3S/c1-26-17-9-10-18(27-2)16(14-17)15-24-20(28)23-21(11-5-3-6-12-21)19-8-4-7-13-22(19,24)25/h9-10,14,19,25H,3-8,11-13,15H2,1-2H3,(H,23,28)/t19-,22+/m1/s1. The lowest BCUT2D eigenvalue weighted by Crippen LogP contribution is -2.75. The van der Waals surface area contributed by atoms with E-state index in [1.807, 2.05) is 23.1 Å². The number of benzene rings is 1. The number of hydrogen-bond acceptors (Lipinski definition) is 4. The van der Waals surface area contributed by atoms with Crippen molar-refractivity contribution in [2.24, 2.45) is 5.92 Å². The molecule has 6 heteroatoms. The van der Waals surface area contributed by atoms with Gasteiger partial charge in [0.2, 0.25) is 0 Å². The van der Waals surface area contributed by atoms with E-state index in [1.54, 1.807) is 14.2 Å². The van der Waals surface area contributed by atoms with E-state index >= 15 is 0 Å². The van der Waals surface area contributed by atoms with Crippen molar-refractivity contribution < 1.29 is 14.6 Å². The topological polar surface area (TPSA) is 54.0 Å². The molecular formula is C22H32N2O3S. The summed E-state index contributed by atoms with van der Waals surface area (Å²) in [6.07, 6.45) is 9.97. The maximum absolute atomic E-state index is 12.0. The molecule has 154 valence electrons. The molecule has 2 aliphatic carbocycles. The number of nitrogens with one attached hydrogen (secondary N) is 1. The number of thiocarbonyl (C=S) groups is 1. The second-order valence-corrected chi connectivity index (χ2v) is 8.97. The van der Waals surface area contributed by atoms with Crippen molar-refractivity contribution in [3.63, 3.8) is 0 Å². The molecule has 0 aromatic heterocycles. The van der Waals surface area contributed by atoms with Gasteiger partial charge in [-0.3, -0.25) is 0 Å². The predicted molar refractivity (Wildman–Crippen MR) is 114 cm³/mol. The van der Waals surface area contributed by atoms with E-state index in [2.05, 4.69) is 5.32 Å². The number of rotatable bonds is 4. The van der Waals surface area contributed by atoms with Gasteiger partial charge < -0.3 is 24.8 Å². The lowest BCUT2D eigenvalue weighted by molar-refractivity contribution is -0.184. The zero-order valence-electron chi connectivity index (χ0n) is 17.0. The van der Waals surface area contributed by atoms with Crippen LogP contribution in [-0.4, -0.2) is 40.6 Å². The van der Waals surface area contributed by atoms with Crippen LogP contribution < -0.4 is 14.8 Å². The van der Waals surface area contributed by atoms with Gasteiger partial charge >= 0.3 is 0 Å². The zero-order chi connectivity index (χ0) is 19.8. The number of fused-ring (bicyclic) bond motifs is 2. The molecule has 2 atom stereocenters. The molecule has 3 aliphatic rings. The number of ether oxygens (including phenoxy) is 2. The highest BCUT2D eigenvalue weighted by molar-refractivity contribution is 7.80. The Morgan fingerprint density at radius 1 is 1.11 bits per heavy atom. The van der Waals surface area contributed by atoms with Crippen LogP contribution in [0.1, 0.15) is 63.4 Å². The molecule has 1 aromatic carbocycles. The van der Waals surface area contributed by atoms with Crippen LogP contribution >= 0.6 is 12.2 Å². The molecule has 0 radical (unpaired) electrons. The van der Waals surface area contributed by atoms with Crippen molar-refractivity contribution in [2.75, 3.05) is 14.2 Å². The van der Waals surface area contributed by atoms with Crippen molar-refractivity contribution in [3.05, 3.63) is 23.8 Å². The van der Waals surface area contributed by atoms with Gasteiger partial charge in [-0.05, 0) is 62.5 Å². The first kappa shape index (κ1) is 19.8.